The molecule has 0 atom stereocenters. The summed E-state index contributed by atoms with van der Waals surface area (Å²) in [6.45, 7) is 2.84. The highest BCUT2D eigenvalue weighted by Gasteiger charge is 2.25. The number of nitrogens with zero attached hydrogens (tertiary/aromatic N) is 5. The van der Waals surface area contributed by atoms with Gasteiger partial charge >= 0.3 is 5.97 Å². The smallest absolute Gasteiger partial charge is 0.323 e. The van der Waals surface area contributed by atoms with Gasteiger partial charge in [-0.2, -0.15) is 5.10 Å². The Morgan fingerprint density at radius 3 is 2.62 bits per heavy atom. The number of carboxylic acids is 1. The number of hydrogen-bond acceptors (Lipinski definition) is 6. The van der Waals surface area contributed by atoms with Gasteiger partial charge in [0.25, 0.3) is 11.6 Å². The van der Waals surface area contributed by atoms with Crippen molar-refractivity contribution < 1.29 is 19.6 Å². The van der Waals surface area contributed by atoms with E-state index in [0.29, 0.717) is 0 Å². The van der Waals surface area contributed by atoms with Crippen LogP contribution >= 0.6 is 0 Å². The van der Waals surface area contributed by atoms with Gasteiger partial charge in [0.05, 0.1) is 4.92 Å². The Bertz CT molecular complexity index is 772. The summed E-state index contributed by atoms with van der Waals surface area (Å²) in [6, 6.07) is 3.50. The van der Waals surface area contributed by atoms with Gasteiger partial charge in [0.15, 0.2) is 0 Å². The minimum atomic E-state index is -1.16. The molecule has 10 heteroatoms. The Morgan fingerprint density at radius 2 is 2.12 bits per heavy atom. The molecule has 0 aliphatic rings. The molecule has 0 unspecified atom stereocenters. The average molecular weight is 333 g/mol. The maximum atomic E-state index is 12.5. The summed E-state index contributed by atoms with van der Waals surface area (Å²) in [4.78, 5) is 38.9. The second kappa shape index (κ2) is 6.86. The Hall–Kier alpha value is -3.30. The first-order chi connectivity index (χ1) is 11.3. The normalized spacial score (nSPS) is 10.6. The molecule has 0 fully saturated rings. The van der Waals surface area contributed by atoms with Crippen LogP contribution in [-0.4, -0.2) is 54.2 Å². The van der Waals surface area contributed by atoms with Gasteiger partial charge in [-0.3, -0.25) is 19.7 Å². The lowest BCUT2D eigenvalue weighted by atomic mass is 10.1. The molecule has 0 bridgehead atoms. The zero-order chi connectivity index (χ0) is 17.9. The van der Waals surface area contributed by atoms with Crippen LogP contribution in [0.1, 0.15) is 24.2 Å². The van der Waals surface area contributed by atoms with E-state index in [2.05, 4.69) is 10.1 Å². The molecule has 1 aromatic heterocycles. The summed E-state index contributed by atoms with van der Waals surface area (Å²) in [6.07, 6.45) is 2.53. The SMILES string of the molecule is CC(C)N(CC(=O)O)C(=O)c1ccc(-n2cncn2)c([N+](=O)[O-])c1. The molecule has 0 aliphatic carbocycles. The molecule has 1 aromatic carbocycles. The monoisotopic (exact) mass is 333 g/mol. The second-order valence-corrected chi connectivity index (χ2v) is 5.22. The third kappa shape index (κ3) is 3.54. The molecule has 10 nitrogen and oxygen atoms in total. The molecule has 2 rings (SSSR count). The van der Waals surface area contributed by atoms with Crippen LogP contribution in [0.25, 0.3) is 5.69 Å². The van der Waals surface area contributed by atoms with Crippen molar-refractivity contribution in [1.29, 1.82) is 0 Å². The summed E-state index contributed by atoms with van der Waals surface area (Å²) in [5.74, 6) is -1.76. The minimum absolute atomic E-state index is 0.0283. The molecule has 1 heterocycles. The Balaban J connectivity index is 2.44. The maximum absolute atomic E-state index is 12.5. The predicted octanol–water partition coefficient (Wildman–Crippen LogP) is 1.11. The Labute approximate surface area is 136 Å². The summed E-state index contributed by atoms with van der Waals surface area (Å²) in [7, 11) is 0. The maximum Gasteiger partial charge on any atom is 0.323 e. The van der Waals surface area contributed by atoms with Crippen LogP contribution in [0.3, 0.4) is 0 Å². The van der Waals surface area contributed by atoms with E-state index in [-0.39, 0.29) is 23.0 Å². The van der Waals surface area contributed by atoms with Gasteiger partial charge < -0.3 is 10.0 Å². The van der Waals surface area contributed by atoms with E-state index in [1.165, 1.54) is 29.5 Å². The number of rotatable bonds is 6. The Kier molecular flexibility index (Phi) is 4.87. The molecule has 0 aliphatic heterocycles. The quantitative estimate of drug-likeness (QED) is 0.618. The number of carboxylic acid groups (broad SMARTS) is 1. The molecule has 0 spiro atoms. The van der Waals surface area contributed by atoms with Crippen LogP contribution in [-0.2, 0) is 4.79 Å². The predicted molar refractivity (Wildman–Crippen MR) is 81.8 cm³/mol. The highest BCUT2D eigenvalue weighted by atomic mass is 16.6. The second-order valence-electron chi connectivity index (χ2n) is 5.22. The van der Waals surface area contributed by atoms with Crippen molar-refractivity contribution in [2.24, 2.45) is 0 Å². The lowest BCUT2D eigenvalue weighted by Crippen LogP contribution is -2.40. The number of nitro benzene ring substituents is 1. The molecule has 126 valence electrons. The van der Waals surface area contributed by atoms with E-state index >= 15 is 0 Å². The first-order valence-corrected chi connectivity index (χ1v) is 6.97. The molecule has 1 amide bonds. The number of benzene rings is 1. The van der Waals surface area contributed by atoms with E-state index in [9.17, 15) is 19.7 Å². The zero-order valence-corrected chi connectivity index (χ0v) is 13.0. The van der Waals surface area contributed by atoms with Crippen LogP contribution in [0.15, 0.2) is 30.9 Å². The highest BCUT2D eigenvalue weighted by Crippen LogP contribution is 2.24. The zero-order valence-electron chi connectivity index (χ0n) is 13.0. The lowest BCUT2D eigenvalue weighted by molar-refractivity contribution is -0.384. The summed E-state index contributed by atoms with van der Waals surface area (Å²) in [5.41, 5.74) is -0.144. The van der Waals surface area contributed by atoms with Gasteiger partial charge in [-0.25, -0.2) is 9.67 Å². The molecule has 0 saturated heterocycles. The molecule has 0 radical (unpaired) electrons. The third-order valence-electron chi connectivity index (χ3n) is 3.27. The molecule has 1 N–H and O–H groups in total. The molecular formula is C14H15N5O5. The van der Waals surface area contributed by atoms with Crippen molar-refractivity contribution in [2.75, 3.05) is 6.54 Å². The summed E-state index contributed by atoms with van der Waals surface area (Å²) in [5, 5.41) is 24.1. The topological polar surface area (TPSA) is 131 Å². The van der Waals surface area contributed by atoms with Crippen LogP contribution < -0.4 is 0 Å². The average Bonchev–Trinajstić information content (AvgIpc) is 3.05. The largest absolute Gasteiger partial charge is 0.480 e. The van der Waals surface area contributed by atoms with Crippen molar-refractivity contribution in [3.05, 3.63) is 46.5 Å². The molecular weight excluding hydrogens is 318 g/mol. The third-order valence-corrected chi connectivity index (χ3v) is 3.27. The van der Waals surface area contributed by atoms with Gasteiger partial charge in [0, 0.05) is 17.7 Å². The first kappa shape index (κ1) is 17.1. The fraction of sp³-hybridized carbons (Fsp3) is 0.286. The number of carbonyl (C=O) groups excluding carboxylic acids is 1. The van der Waals surface area contributed by atoms with Crippen molar-refractivity contribution in [2.45, 2.75) is 19.9 Å². The van der Waals surface area contributed by atoms with Crippen molar-refractivity contribution in [3.8, 4) is 5.69 Å². The van der Waals surface area contributed by atoms with Crippen LogP contribution in [0.2, 0.25) is 0 Å². The fourth-order valence-electron chi connectivity index (χ4n) is 2.13. The van der Waals surface area contributed by atoms with Crippen LogP contribution in [0, 0.1) is 10.1 Å². The van der Waals surface area contributed by atoms with Gasteiger partial charge in [-0.1, -0.05) is 0 Å². The van der Waals surface area contributed by atoms with E-state index < -0.39 is 23.3 Å². The summed E-state index contributed by atoms with van der Waals surface area (Å²) < 4.78 is 1.21. The molecule has 0 saturated carbocycles. The van der Waals surface area contributed by atoms with Crippen LogP contribution in [0.4, 0.5) is 5.69 Å². The Morgan fingerprint density at radius 1 is 1.42 bits per heavy atom. The number of nitro groups is 1. The van der Waals surface area contributed by atoms with Crippen molar-refractivity contribution in [1.82, 2.24) is 19.7 Å². The van der Waals surface area contributed by atoms with Crippen molar-refractivity contribution in [3.63, 3.8) is 0 Å². The minimum Gasteiger partial charge on any atom is -0.480 e. The number of aliphatic carboxylic acids is 1. The standard InChI is InChI=1S/C14H15N5O5/c1-9(2)17(6-13(20)21)14(22)10-3-4-11(12(5-10)19(23)24)18-8-15-7-16-18/h3-5,7-9H,6H2,1-2H3,(H,20,21). The lowest BCUT2D eigenvalue weighted by Gasteiger charge is -2.24. The molecule has 2 aromatic rings. The van der Waals surface area contributed by atoms with Gasteiger partial charge in [0.2, 0.25) is 0 Å². The number of hydrogen-bond donors (Lipinski definition) is 1. The van der Waals surface area contributed by atoms with E-state index in [0.717, 1.165) is 11.0 Å². The van der Waals surface area contributed by atoms with E-state index in [1.54, 1.807) is 13.8 Å². The first-order valence-electron chi connectivity index (χ1n) is 6.97. The van der Waals surface area contributed by atoms with Crippen molar-refractivity contribution >= 4 is 17.6 Å². The molecule has 24 heavy (non-hydrogen) atoms. The number of amides is 1. The van der Waals surface area contributed by atoms with Gasteiger partial charge in [-0.15, -0.1) is 0 Å². The van der Waals surface area contributed by atoms with Crippen LogP contribution in [0.5, 0.6) is 0 Å². The highest BCUT2D eigenvalue weighted by molar-refractivity contribution is 5.97. The van der Waals surface area contributed by atoms with Gasteiger partial charge in [-0.05, 0) is 26.0 Å². The number of aromatic nitrogens is 3. The summed E-state index contributed by atoms with van der Waals surface area (Å²) >= 11 is 0. The fourth-order valence-corrected chi connectivity index (χ4v) is 2.13. The van der Waals surface area contributed by atoms with E-state index in [1.807, 2.05) is 0 Å². The number of carbonyl (C=O) groups is 2. The van der Waals surface area contributed by atoms with Gasteiger partial charge in [0.1, 0.15) is 24.9 Å². The van der Waals surface area contributed by atoms with E-state index in [4.69, 9.17) is 5.11 Å².